The van der Waals surface area contributed by atoms with Crippen molar-refractivity contribution in [3.8, 4) is 0 Å². The molecule has 78 valence electrons. The summed E-state index contributed by atoms with van der Waals surface area (Å²) in [5.41, 5.74) is 2.51. The van der Waals surface area contributed by atoms with Crippen molar-refractivity contribution in [3.63, 3.8) is 0 Å². The molecule has 0 aromatic heterocycles. The number of halogens is 1. The lowest BCUT2D eigenvalue weighted by atomic mass is 10.3. The summed E-state index contributed by atoms with van der Waals surface area (Å²) in [6, 6.07) is 0. The Labute approximate surface area is 84.4 Å². The van der Waals surface area contributed by atoms with Crippen molar-refractivity contribution in [1.82, 2.24) is 10.0 Å². The number of sulfonamides is 1. The van der Waals surface area contributed by atoms with E-state index in [4.69, 9.17) is 11.6 Å². The predicted octanol–water partition coefficient (Wildman–Crippen LogP) is 0.268. The number of rotatable bonds is 6. The average molecular weight is 227 g/mol. The van der Waals surface area contributed by atoms with Crippen molar-refractivity contribution in [2.45, 2.75) is 6.92 Å². The highest BCUT2D eigenvalue weighted by Crippen LogP contribution is 1.91. The van der Waals surface area contributed by atoms with Crippen molar-refractivity contribution in [3.05, 3.63) is 11.1 Å². The second kappa shape index (κ2) is 6.37. The lowest BCUT2D eigenvalue weighted by Gasteiger charge is -2.04. The summed E-state index contributed by atoms with van der Waals surface area (Å²) < 4.78 is 23.6. The fourth-order valence-electron chi connectivity index (χ4n) is 0.649. The molecule has 0 fully saturated rings. The van der Waals surface area contributed by atoms with Gasteiger partial charge < -0.3 is 5.32 Å². The highest BCUT2D eigenvalue weighted by Gasteiger charge is 1.97. The Balaban J connectivity index is 3.38. The minimum atomic E-state index is -3.06. The summed E-state index contributed by atoms with van der Waals surface area (Å²) in [4.78, 5) is 0. The van der Waals surface area contributed by atoms with Crippen LogP contribution >= 0.6 is 11.6 Å². The van der Waals surface area contributed by atoms with Crippen LogP contribution in [0.2, 0.25) is 0 Å². The molecule has 0 aliphatic rings. The maximum atomic E-state index is 10.6. The van der Waals surface area contributed by atoms with Gasteiger partial charge in [-0.25, -0.2) is 13.1 Å². The SMILES string of the molecule is CC(=CCl)CNCCNS(C)(=O)=O. The van der Waals surface area contributed by atoms with Crippen LogP contribution in [0.1, 0.15) is 6.92 Å². The van der Waals surface area contributed by atoms with Crippen LogP contribution in [0.5, 0.6) is 0 Å². The van der Waals surface area contributed by atoms with Crippen molar-refractivity contribution in [2.24, 2.45) is 0 Å². The minimum absolute atomic E-state index is 0.397. The molecule has 0 saturated carbocycles. The molecule has 0 atom stereocenters. The zero-order valence-corrected chi connectivity index (χ0v) is 9.37. The van der Waals surface area contributed by atoms with E-state index in [-0.39, 0.29) is 0 Å². The van der Waals surface area contributed by atoms with Crippen LogP contribution in [0.25, 0.3) is 0 Å². The van der Waals surface area contributed by atoms with E-state index in [0.29, 0.717) is 19.6 Å². The van der Waals surface area contributed by atoms with E-state index >= 15 is 0 Å². The van der Waals surface area contributed by atoms with Gasteiger partial charge in [0, 0.05) is 25.2 Å². The largest absolute Gasteiger partial charge is 0.312 e. The van der Waals surface area contributed by atoms with Crippen LogP contribution in [0, 0.1) is 0 Å². The Morgan fingerprint density at radius 3 is 2.54 bits per heavy atom. The van der Waals surface area contributed by atoms with Crippen LogP contribution in [0.15, 0.2) is 11.1 Å². The number of hydrogen-bond donors (Lipinski definition) is 2. The van der Waals surface area contributed by atoms with E-state index in [1.165, 1.54) is 5.54 Å². The molecule has 0 aliphatic heterocycles. The van der Waals surface area contributed by atoms with E-state index in [1.54, 1.807) is 0 Å². The van der Waals surface area contributed by atoms with Gasteiger partial charge in [0.05, 0.1) is 6.26 Å². The average Bonchev–Trinajstić information content (AvgIpc) is 2.01. The first-order valence-corrected chi connectivity index (χ1v) is 6.19. The molecule has 0 spiro atoms. The molecule has 2 N–H and O–H groups in total. The Morgan fingerprint density at radius 1 is 1.46 bits per heavy atom. The summed E-state index contributed by atoms with van der Waals surface area (Å²) in [7, 11) is -3.06. The zero-order chi connectivity index (χ0) is 10.3. The van der Waals surface area contributed by atoms with E-state index in [0.717, 1.165) is 11.8 Å². The van der Waals surface area contributed by atoms with Crippen molar-refractivity contribution >= 4 is 21.6 Å². The lowest BCUT2D eigenvalue weighted by molar-refractivity contribution is 0.584. The summed E-state index contributed by atoms with van der Waals surface area (Å²) in [6.07, 6.45) is 1.14. The normalized spacial score (nSPS) is 13.3. The second-order valence-electron chi connectivity index (χ2n) is 2.80. The molecule has 0 bridgehead atoms. The zero-order valence-electron chi connectivity index (χ0n) is 7.80. The van der Waals surface area contributed by atoms with E-state index < -0.39 is 10.0 Å². The Kier molecular flexibility index (Phi) is 6.32. The molecule has 13 heavy (non-hydrogen) atoms. The van der Waals surface area contributed by atoms with Crippen LogP contribution in [0.3, 0.4) is 0 Å². The van der Waals surface area contributed by atoms with Crippen LogP contribution < -0.4 is 10.0 Å². The third-order valence-electron chi connectivity index (χ3n) is 1.26. The predicted molar refractivity (Wildman–Crippen MR) is 55.3 cm³/mol. The van der Waals surface area contributed by atoms with Crippen molar-refractivity contribution < 1.29 is 8.42 Å². The molecule has 0 aromatic carbocycles. The summed E-state index contributed by atoms with van der Waals surface area (Å²) in [5.74, 6) is 0. The molecule has 0 radical (unpaired) electrons. The maximum absolute atomic E-state index is 10.6. The first-order chi connectivity index (χ1) is 5.95. The third kappa shape index (κ3) is 9.82. The van der Waals surface area contributed by atoms with Gasteiger partial charge in [-0.05, 0) is 12.5 Å². The van der Waals surface area contributed by atoms with Gasteiger partial charge in [-0.2, -0.15) is 0 Å². The van der Waals surface area contributed by atoms with E-state index in [9.17, 15) is 8.42 Å². The molecule has 0 aromatic rings. The van der Waals surface area contributed by atoms with Gasteiger partial charge in [-0.15, -0.1) is 0 Å². The highest BCUT2D eigenvalue weighted by atomic mass is 35.5. The van der Waals surface area contributed by atoms with Crippen molar-refractivity contribution in [1.29, 1.82) is 0 Å². The summed E-state index contributed by atoms with van der Waals surface area (Å²) in [5, 5.41) is 3.03. The third-order valence-corrected chi connectivity index (χ3v) is 2.36. The Hall–Kier alpha value is -0.100. The van der Waals surface area contributed by atoms with Gasteiger partial charge in [-0.3, -0.25) is 0 Å². The standard InChI is InChI=1S/C7H15ClN2O2S/c1-7(5-8)6-9-3-4-10-13(2,11)12/h5,9-10H,3-4,6H2,1-2H3. The fraction of sp³-hybridized carbons (Fsp3) is 0.714. The van der Waals surface area contributed by atoms with Gasteiger partial charge in [-0.1, -0.05) is 11.6 Å². The number of nitrogens with one attached hydrogen (secondary N) is 2. The molecule has 0 rings (SSSR count). The second-order valence-corrected chi connectivity index (χ2v) is 4.85. The van der Waals surface area contributed by atoms with E-state index in [2.05, 4.69) is 10.0 Å². The Bertz CT molecular complexity index is 262. The number of hydrogen-bond acceptors (Lipinski definition) is 3. The highest BCUT2D eigenvalue weighted by molar-refractivity contribution is 7.88. The molecular weight excluding hydrogens is 212 g/mol. The molecule has 0 aliphatic carbocycles. The van der Waals surface area contributed by atoms with Gasteiger partial charge in [0.25, 0.3) is 0 Å². The molecule has 4 nitrogen and oxygen atoms in total. The molecule has 6 heteroatoms. The first-order valence-electron chi connectivity index (χ1n) is 3.87. The maximum Gasteiger partial charge on any atom is 0.208 e. The summed E-state index contributed by atoms with van der Waals surface area (Å²) >= 11 is 5.42. The van der Waals surface area contributed by atoms with Gasteiger partial charge in [0.2, 0.25) is 10.0 Å². The summed E-state index contributed by atoms with van der Waals surface area (Å²) in [6.45, 7) is 3.56. The van der Waals surface area contributed by atoms with Gasteiger partial charge in [0.1, 0.15) is 0 Å². The van der Waals surface area contributed by atoms with Crippen LogP contribution in [0.4, 0.5) is 0 Å². The van der Waals surface area contributed by atoms with Gasteiger partial charge in [0.15, 0.2) is 0 Å². The first kappa shape index (κ1) is 12.9. The smallest absolute Gasteiger partial charge is 0.208 e. The molecule has 0 saturated heterocycles. The van der Waals surface area contributed by atoms with E-state index in [1.807, 2.05) is 6.92 Å². The molecule has 0 heterocycles. The molecule has 0 unspecified atom stereocenters. The topological polar surface area (TPSA) is 58.2 Å². The Morgan fingerprint density at radius 2 is 2.08 bits per heavy atom. The minimum Gasteiger partial charge on any atom is -0.312 e. The van der Waals surface area contributed by atoms with Crippen LogP contribution in [-0.4, -0.2) is 34.3 Å². The van der Waals surface area contributed by atoms with Crippen LogP contribution in [-0.2, 0) is 10.0 Å². The fourth-order valence-corrected chi connectivity index (χ4v) is 1.20. The monoisotopic (exact) mass is 226 g/mol. The van der Waals surface area contributed by atoms with Gasteiger partial charge >= 0.3 is 0 Å². The quantitative estimate of drug-likeness (QED) is 0.640. The molecule has 0 amide bonds. The lowest BCUT2D eigenvalue weighted by Crippen LogP contribution is -2.31. The molecular formula is C7H15ClN2O2S. The van der Waals surface area contributed by atoms with Crippen molar-refractivity contribution in [2.75, 3.05) is 25.9 Å².